The lowest BCUT2D eigenvalue weighted by Gasteiger charge is -2.15. The van der Waals surface area contributed by atoms with Gasteiger partial charge >= 0.3 is 0 Å². The molecule has 82 valence electrons. The van der Waals surface area contributed by atoms with Crippen LogP contribution < -0.4 is 0 Å². The van der Waals surface area contributed by atoms with E-state index >= 15 is 0 Å². The van der Waals surface area contributed by atoms with Gasteiger partial charge in [0.15, 0.2) is 0 Å². The molecule has 0 radical (unpaired) electrons. The van der Waals surface area contributed by atoms with E-state index in [-0.39, 0.29) is 0 Å². The summed E-state index contributed by atoms with van der Waals surface area (Å²) in [7, 11) is 0. The summed E-state index contributed by atoms with van der Waals surface area (Å²) in [6.07, 6.45) is 4.42. The minimum Gasteiger partial charge on any atom is -0.193 e. The van der Waals surface area contributed by atoms with Crippen LogP contribution in [0.3, 0.4) is 0 Å². The van der Waals surface area contributed by atoms with Crippen LogP contribution in [0.2, 0.25) is 0 Å². The van der Waals surface area contributed by atoms with Gasteiger partial charge in [-0.15, -0.1) is 0 Å². The van der Waals surface area contributed by atoms with Crippen LogP contribution in [0, 0.1) is 18.3 Å². The molecular weight excluding hydrogens is 214 g/mol. The SMILES string of the molecule is Cc1ccc(SC2=C(C#N)CCCC2)cc1. The van der Waals surface area contributed by atoms with Gasteiger partial charge < -0.3 is 0 Å². The van der Waals surface area contributed by atoms with E-state index in [4.69, 9.17) is 5.26 Å². The normalized spacial score (nSPS) is 16.0. The summed E-state index contributed by atoms with van der Waals surface area (Å²) in [6, 6.07) is 10.9. The number of thioether (sulfide) groups is 1. The predicted octanol–water partition coefficient (Wildman–Crippen LogP) is 4.44. The topological polar surface area (TPSA) is 23.8 Å². The first kappa shape index (κ1) is 11.3. The molecule has 1 aliphatic carbocycles. The fourth-order valence-corrected chi connectivity index (χ4v) is 2.93. The minimum absolute atomic E-state index is 0.963. The third-order valence-electron chi connectivity index (χ3n) is 2.81. The lowest BCUT2D eigenvalue weighted by Crippen LogP contribution is -1.95. The van der Waals surface area contributed by atoms with Gasteiger partial charge in [0.2, 0.25) is 0 Å². The minimum atomic E-state index is 0.963. The number of hydrogen-bond acceptors (Lipinski definition) is 2. The van der Waals surface area contributed by atoms with E-state index in [9.17, 15) is 0 Å². The Morgan fingerprint density at radius 2 is 1.81 bits per heavy atom. The Hall–Kier alpha value is -1.20. The van der Waals surface area contributed by atoms with Crippen molar-refractivity contribution >= 4 is 11.8 Å². The maximum atomic E-state index is 9.06. The Kier molecular flexibility index (Phi) is 3.69. The third-order valence-corrected chi connectivity index (χ3v) is 4.02. The van der Waals surface area contributed by atoms with Gasteiger partial charge in [0.05, 0.1) is 6.07 Å². The van der Waals surface area contributed by atoms with Crippen LogP contribution >= 0.6 is 11.8 Å². The largest absolute Gasteiger partial charge is 0.193 e. The van der Waals surface area contributed by atoms with Crippen molar-refractivity contribution in [3.63, 3.8) is 0 Å². The molecule has 16 heavy (non-hydrogen) atoms. The van der Waals surface area contributed by atoms with E-state index in [2.05, 4.69) is 37.3 Å². The van der Waals surface area contributed by atoms with Gasteiger partial charge in [0.1, 0.15) is 0 Å². The molecule has 0 fully saturated rings. The van der Waals surface area contributed by atoms with Crippen molar-refractivity contribution in [2.24, 2.45) is 0 Å². The average molecular weight is 229 g/mol. The molecule has 0 N–H and O–H groups in total. The van der Waals surface area contributed by atoms with Crippen molar-refractivity contribution in [1.29, 1.82) is 5.26 Å². The van der Waals surface area contributed by atoms with Crippen LogP contribution in [0.15, 0.2) is 39.6 Å². The van der Waals surface area contributed by atoms with Crippen LogP contribution in [-0.4, -0.2) is 0 Å². The second-order valence-corrected chi connectivity index (χ2v) is 5.30. The first-order chi connectivity index (χ1) is 7.79. The van der Waals surface area contributed by atoms with Gasteiger partial charge in [-0.05, 0) is 44.7 Å². The summed E-state index contributed by atoms with van der Waals surface area (Å²) >= 11 is 1.76. The van der Waals surface area contributed by atoms with Gasteiger partial charge in [-0.1, -0.05) is 29.5 Å². The van der Waals surface area contributed by atoms with Crippen molar-refractivity contribution in [2.45, 2.75) is 37.5 Å². The quantitative estimate of drug-likeness (QED) is 0.748. The number of hydrogen-bond donors (Lipinski definition) is 0. The van der Waals surface area contributed by atoms with Gasteiger partial charge in [0, 0.05) is 15.4 Å². The van der Waals surface area contributed by atoms with E-state index in [1.807, 2.05) is 0 Å². The highest BCUT2D eigenvalue weighted by Gasteiger charge is 2.13. The Morgan fingerprint density at radius 1 is 1.12 bits per heavy atom. The van der Waals surface area contributed by atoms with E-state index in [1.54, 1.807) is 11.8 Å². The lowest BCUT2D eigenvalue weighted by molar-refractivity contribution is 0.707. The Bertz CT molecular complexity index is 437. The smallest absolute Gasteiger partial charge is 0.0955 e. The van der Waals surface area contributed by atoms with E-state index in [0.717, 1.165) is 18.4 Å². The number of nitrogens with zero attached hydrogens (tertiary/aromatic N) is 1. The molecule has 1 aliphatic rings. The molecule has 1 nitrogen and oxygen atoms in total. The van der Waals surface area contributed by atoms with Crippen LogP contribution in [0.25, 0.3) is 0 Å². The highest BCUT2D eigenvalue weighted by molar-refractivity contribution is 8.03. The van der Waals surface area contributed by atoms with E-state index in [1.165, 1.54) is 28.2 Å². The summed E-state index contributed by atoms with van der Waals surface area (Å²) in [5, 5.41) is 9.06. The standard InChI is InChI=1S/C14H15NS/c1-11-6-8-13(9-7-11)16-14-5-3-2-4-12(14)10-15/h6-9H,2-5H2,1H3. The number of allylic oxidation sites excluding steroid dienone is 2. The predicted molar refractivity (Wildman–Crippen MR) is 68.1 cm³/mol. The first-order valence-corrected chi connectivity index (χ1v) is 6.48. The fourth-order valence-electron chi connectivity index (χ4n) is 1.86. The van der Waals surface area contributed by atoms with Gasteiger partial charge in [-0.2, -0.15) is 5.26 Å². The van der Waals surface area contributed by atoms with Crippen molar-refractivity contribution < 1.29 is 0 Å². The van der Waals surface area contributed by atoms with Crippen molar-refractivity contribution in [3.8, 4) is 6.07 Å². The van der Waals surface area contributed by atoms with Crippen molar-refractivity contribution in [1.82, 2.24) is 0 Å². The molecule has 0 saturated heterocycles. The second-order valence-electron chi connectivity index (χ2n) is 4.14. The Morgan fingerprint density at radius 3 is 2.50 bits per heavy atom. The summed E-state index contributed by atoms with van der Waals surface area (Å²) < 4.78 is 0. The van der Waals surface area contributed by atoms with Crippen molar-refractivity contribution in [2.75, 3.05) is 0 Å². The van der Waals surface area contributed by atoms with Crippen LogP contribution in [-0.2, 0) is 0 Å². The van der Waals surface area contributed by atoms with E-state index in [0.29, 0.717) is 0 Å². The molecule has 0 heterocycles. The average Bonchev–Trinajstić information content (AvgIpc) is 2.33. The highest BCUT2D eigenvalue weighted by Crippen LogP contribution is 2.37. The Labute approximate surface area is 101 Å². The fraction of sp³-hybridized carbons (Fsp3) is 0.357. The molecule has 0 aliphatic heterocycles. The summed E-state index contributed by atoms with van der Waals surface area (Å²) in [5.74, 6) is 0. The molecule has 2 rings (SSSR count). The third kappa shape index (κ3) is 2.68. The van der Waals surface area contributed by atoms with Gasteiger partial charge in [-0.3, -0.25) is 0 Å². The van der Waals surface area contributed by atoms with Crippen LogP contribution in [0.4, 0.5) is 0 Å². The molecule has 0 bridgehead atoms. The number of aryl methyl sites for hydroxylation is 1. The molecule has 0 atom stereocenters. The maximum absolute atomic E-state index is 9.06. The highest BCUT2D eigenvalue weighted by atomic mass is 32.2. The molecule has 2 heteroatoms. The number of nitriles is 1. The number of benzene rings is 1. The van der Waals surface area contributed by atoms with Crippen molar-refractivity contribution in [3.05, 3.63) is 40.3 Å². The molecule has 0 aromatic heterocycles. The second kappa shape index (κ2) is 5.23. The van der Waals surface area contributed by atoms with E-state index < -0.39 is 0 Å². The monoisotopic (exact) mass is 229 g/mol. The van der Waals surface area contributed by atoms with Crippen LogP contribution in [0.1, 0.15) is 31.2 Å². The number of rotatable bonds is 2. The first-order valence-electron chi connectivity index (χ1n) is 5.66. The zero-order valence-electron chi connectivity index (χ0n) is 9.49. The molecule has 1 aromatic rings. The lowest BCUT2D eigenvalue weighted by atomic mass is 10.0. The zero-order chi connectivity index (χ0) is 11.4. The Balaban J connectivity index is 2.17. The molecule has 0 spiro atoms. The molecule has 0 unspecified atom stereocenters. The summed E-state index contributed by atoms with van der Waals surface area (Å²) in [6.45, 7) is 2.09. The molecule has 1 aromatic carbocycles. The van der Waals surface area contributed by atoms with Gasteiger partial charge in [0.25, 0.3) is 0 Å². The maximum Gasteiger partial charge on any atom is 0.0955 e. The summed E-state index contributed by atoms with van der Waals surface area (Å²) in [5.41, 5.74) is 2.28. The zero-order valence-corrected chi connectivity index (χ0v) is 10.3. The molecule has 0 saturated carbocycles. The molecular formula is C14H15NS. The molecule has 0 amide bonds. The van der Waals surface area contributed by atoms with Gasteiger partial charge in [-0.25, -0.2) is 0 Å². The van der Waals surface area contributed by atoms with Crippen LogP contribution in [0.5, 0.6) is 0 Å². The summed E-state index contributed by atoms with van der Waals surface area (Å²) in [4.78, 5) is 2.52.